The molecule has 1 aromatic carbocycles. The molecule has 2 aromatic heterocycles. The number of ether oxygens (including phenoxy) is 2. The second kappa shape index (κ2) is 14.5. The van der Waals surface area contributed by atoms with E-state index >= 15 is 0 Å². The topological polar surface area (TPSA) is 99.1 Å². The van der Waals surface area contributed by atoms with Gasteiger partial charge in [-0.05, 0) is 42.9 Å². The number of carbonyl (C=O) groups is 2. The van der Waals surface area contributed by atoms with Crippen LogP contribution in [0.25, 0.3) is 0 Å². The van der Waals surface area contributed by atoms with Gasteiger partial charge in [0.1, 0.15) is 6.61 Å². The summed E-state index contributed by atoms with van der Waals surface area (Å²) in [5.74, 6) is -0.970. The van der Waals surface area contributed by atoms with Gasteiger partial charge in [0.25, 0.3) is 0 Å². The van der Waals surface area contributed by atoms with Gasteiger partial charge in [-0.2, -0.15) is 0 Å². The molecular formula is C30H42N4O4. The first-order valence-electron chi connectivity index (χ1n) is 13.7. The van der Waals surface area contributed by atoms with E-state index in [0.29, 0.717) is 19.3 Å². The van der Waals surface area contributed by atoms with E-state index in [1.54, 1.807) is 18.9 Å². The molecule has 38 heavy (non-hydrogen) atoms. The van der Waals surface area contributed by atoms with Crippen molar-refractivity contribution in [2.75, 3.05) is 6.61 Å². The first-order valence-corrected chi connectivity index (χ1v) is 13.7. The highest BCUT2D eigenvalue weighted by atomic mass is 16.5. The van der Waals surface area contributed by atoms with Gasteiger partial charge in [-0.15, -0.1) is 0 Å². The summed E-state index contributed by atoms with van der Waals surface area (Å²) in [6.45, 7) is 8.63. The summed E-state index contributed by atoms with van der Waals surface area (Å²) in [6, 6.07) is 6.08. The van der Waals surface area contributed by atoms with Crippen molar-refractivity contribution >= 4 is 11.9 Å². The quantitative estimate of drug-likeness (QED) is 0.204. The fourth-order valence-corrected chi connectivity index (χ4v) is 4.90. The van der Waals surface area contributed by atoms with Crippen molar-refractivity contribution in [2.45, 2.75) is 78.7 Å². The number of nitrogens with one attached hydrogen (secondary N) is 1. The number of rotatable bonds is 15. The zero-order valence-corrected chi connectivity index (χ0v) is 23.4. The van der Waals surface area contributed by atoms with Gasteiger partial charge >= 0.3 is 11.9 Å². The maximum atomic E-state index is 13.4. The second-order valence-corrected chi connectivity index (χ2v) is 10.1. The van der Waals surface area contributed by atoms with Gasteiger partial charge < -0.3 is 19.0 Å². The van der Waals surface area contributed by atoms with Gasteiger partial charge in [0.15, 0.2) is 0 Å². The molecule has 8 nitrogen and oxygen atoms in total. The van der Waals surface area contributed by atoms with Crippen molar-refractivity contribution in [3.05, 3.63) is 71.3 Å². The number of aryl methyl sites for hydroxylation is 1. The predicted molar refractivity (Wildman–Crippen MR) is 146 cm³/mol. The number of esters is 2. The first-order chi connectivity index (χ1) is 18.3. The highest BCUT2D eigenvalue weighted by molar-refractivity contribution is 5.73. The number of hydrogen-bond donors (Lipinski definition) is 1. The number of benzene rings is 1. The Balaban J connectivity index is 1.69. The zero-order valence-electron chi connectivity index (χ0n) is 23.4. The second-order valence-electron chi connectivity index (χ2n) is 10.1. The lowest BCUT2D eigenvalue weighted by atomic mass is 9.87. The molecule has 3 atom stereocenters. The summed E-state index contributed by atoms with van der Waals surface area (Å²) in [5.41, 5.74) is 5.17. The highest BCUT2D eigenvalue weighted by Gasteiger charge is 2.30. The van der Waals surface area contributed by atoms with Crippen LogP contribution in [0.15, 0.2) is 43.2 Å². The average Bonchev–Trinajstić information content (AvgIpc) is 3.59. The van der Waals surface area contributed by atoms with Gasteiger partial charge in [-0.3, -0.25) is 9.59 Å². The molecule has 0 spiro atoms. The van der Waals surface area contributed by atoms with Gasteiger partial charge in [0.05, 0.1) is 30.9 Å². The zero-order chi connectivity index (χ0) is 27.5. The summed E-state index contributed by atoms with van der Waals surface area (Å²) in [4.78, 5) is 37.3. The third-order valence-corrected chi connectivity index (χ3v) is 7.43. The molecule has 206 valence electrons. The van der Waals surface area contributed by atoms with Crippen LogP contribution in [0.4, 0.5) is 0 Å². The Hall–Kier alpha value is -3.42. The molecule has 0 radical (unpaired) electrons. The van der Waals surface area contributed by atoms with Crippen molar-refractivity contribution in [1.82, 2.24) is 19.5 Å². The molecular weight excluding hydrogens is 480 g/mol. The van der Waals surface area contributed by atoms with Crippen molar-refractivity contribution in [2.24, 2.45) is 18.9 Å². The molecule has 0 aliphatic carbocycles. The minimum absolute atomic E-state index is 0.121. The Bertz CT molecular complexity index is 1150. The fourth-order valence-electron chi connectivity index (χ4n) is 4.90. The highest BCUT2D eigenvalue weighted by Crippen LogP contribution is 2.28. The predicted octanol–water partition coefficient (Wildman–Crippen LogP) is 5.66. The van der Waals surface area contributed by atoms with E-state index in [1.165, 1.54) is 0 Å². The Morgan fingerprint density at radius 2 is 1.97 bits per heavy atom. The number of imidazole rings is 2. The average molecular weight is 523 g/mol. The van der Waals surface area contributed by atoms with Crippen molar-refractivity contribution in [1.29, 1.82) is 0 Å². The molecule has 0 saturated carbocycles. The lowest BCUT2D eigenvalue weighted by molar-refractivity contribution is -0.156. The summed E-state index contributed by atoms with van der Waals surface area (Å²) in [6.07, 6.45) is 11.5. The first kappa shape index (κ1) is 29.1. The Kier molecular flexibility index (Phi) is 11.1. The smallest absolute Gasteiger partial charge is 0.309 e. The lowest BCUT2D eigenvalue weighted by Gasteiger charge is -2.25. The van der Waals surface area contributed by atoms with Gasteiger partial charge in [-0.25, -0.2) is 9.97 Å². The standard InChI is InChI=1S/C30H42N4O4/c1-6-8-9-13-29(35)37-18-24(14-25-15-32-20-34(25)5)26(7-2)30(36)38-17-23-11-10-12-27(21(23)3)22(4)28-16-31-19-33-28/h10-12,15-16,19-20,22,24,26H,6-9,13-14,17-18H2,1-5H3,(H,31,33)/t22-,24-,26-/m0/s1. The Morgan fingerprint density at radius 3 is 2.63 bits per heavy atom. The summed E-state index contributed by atoms with van der Waals surface area (Å²) in [7, 11) is 1.93. The van der Waals surface area contributed by atoms with E-state index in [-0.39, 0.29) is 37.0 Å². The van der Waals surface area contributed by atoms with Crippen LogP contribution in [0.5, 0.6) is 0 Å². The van der Waals surface area contributed by atoms with Crippen LogP contribution in [0.2, 0.25) is 0 Å². The van der Waals surface area contributed by atoms with Crippen molar-refractivity contribution in [3.63, 3.8) is 0 Å². The van der Waals surface area contributed by atoms with E-state index < -0.39 is 5.92 Å². The van der Waals surface area contributed by atoms with E-state index in [9.17, 15) is 9.59 Å². The number of H-pyrrole nitrogens is 1. The normalized spacial score (nSPS) is 13.6. The van der Waals surface area contributed by atoms with Crippen LogP contribution in [-0.4, -0.2) is 38.1 Å². The third kappa shape index (κ3) is 7.79. The molecule has 8 heteroatoms. The molecule has 0 amide bonds. The Labute approximate surface area is 226 Å². The van der Waals surface area contributed by atoms with Gasteiger partial charge in [0, 0.05) is 43.4 Å². The SMILES string of the molecule is CCCCCC(=O)OC[C@H](Cc1cncn1C)[C@H](CC)C(=O)OCc1cccc([C@H](C)c2c[nH]cn2)c1C. The molecule has 0 fully saturated rings. The number of carbonyl (C=O) groups excluding carboxylic acids is 2. The van der Waals surface area contributed by atoms with E-state index in [1.807, 2.05) is 36.9 Å². The fraction of sp³-hybridized carbons (Fsp3) is 0.533. The Morgan fingerprint density at radius 1 is 1.16 bits per heavy atom. The summed E-state index contributed by atoms with van der Waals surface area (Å²) in [5, 5.41) is 0. The van der Waals surface area contributed by atoms with E-state index in [4.69, 9.17) is 9.47 Å². The number of aromatic amines is 1. The minimum atomic E-state index is -0.403. The van der Waals surface area contributed by atoms with Crippen molar-refractivity contribution < 1.29 is 19.1 Å². The molecule has 0 aliphatic heterocycles. The molecule has 0 saturated heterocycles. The molecule has 2 heterocycles. The molecule has 1 N–H and O–H groups in total. The number of nitrogens with zero attached hydrogens (tertiary/aromatic N) is 3. The summed E-state index contributed by atoms with van der Waals surface area (Å²) < 4.78 is 13.5. The van der Waals surface area contributed by atoms with Crippen LogP contribution < -0.4 is 0 Å². The van der Waals surface area contributed by atoms with Gasteiger partial charge in [-0.1, -0.05) is 51.8 Å². The maximum absolute atomic E-state index is 13.4. The lowest BCUT2D eigenvalue weighted by Crippen LogP contribution is -2.31. The number of hydrogen-bond acceptors (Lipinski definition) is 6. The monoisotopic (exact) mass is 522 g/mol. The summed E-state index contributed by atoms with van der Waals surface area (Å²) >= 11 is 0. The van der Waals surface area contributed by atoms with E-state index in [2.05, 4.69) is 41.8 Å². The van der Waals surface area contributed by atoms with Crippen LogP contribution in [0.1, 0.15) is 86.9 Å². The van der Waals surface area contributed by atoms with E-state index in [0.717, 1.165) is 47.3 Å². The van der Waals surface area contributed by atoms with Gasteiger partial charge in [0.2, 0.25) is 0 Å². The number of aromatic nitrogens is 4. The molecule has 0 unspecified atom stereocenters. The number of unbranched alkanes of at least 4 members (excludes halogenated alkanes) is 2. The molecule has 0 bridgehead atoms. The molecule has 3 rings (SSSR count). The van der Waals surface area contributed by atoms with Crippen LogP contribution >= 0.6 is 0 Å². The van der Waals surface area contributed by atoms with Crippen LogP contribution in [0.3, 0.4) is 0 Å². The minimum Gasteiger partial charge on any atom is -0.465 e. The maximum Gasteiger partial charge on any atom is 0.309 e. The van der Waals surface area contributed by atoms with Crippen LogP contribution in [-0.2, 0) is 39.1 Å². The van der Waals surface area contributed by atoms with Crippen LogP contribution in [0, 0.1) is 18.8 Å². The molecule has 3 aromatic rings. The molecule has 0 aliphatic rings. The van der Waals surface area contributed by atoms with Crippen molar-refractivity contribution in [3.8, 4) is 0 Å². The largest absolute Gasteiger partial charge is 0.465 e. The third-order valence-electron chi connectivity index (χ3n) is 7.43.